The van der Waals surface area contributed by atoms with E-state index in [1.807, 2.05) is 18.2 Å². The Hall–Kier alpha value is -1.55. The monoisotopic (exact) mass is 250 g/mol. The van der Waals surface area contributed by atoms with Gasteiger partial charge in [-0.25, -0.2) is 0 Å². The maximum atomic E-state index is 11.6. The summed E-state index contributed by atoms with van der Waals surface area (Å²) < 4.78 is 5.34. The van der Waals surface area contributed by atoms with Crippen molar-refractivity contribution < 1.29 is 9.53 Å². The van der Waals surface area contributed by atoms with Crippen LogP contribution in [0.15, 0.2) is 18.2 Å². The van der Waals surface area contributed by atoms with E-state index in [0.717, 1.165) is 17.0 Å². The van der Waals surface area contributed by atoms with Gasteiger partial charge < -0.3 is 15.8 Å². The van der Waals surface area contributed by atoms with Crippen molar-refractivity contribution in [3.05, 3.63) is 23.8 Å². The van der Waals surface area contributed by atoms with Crippen LogP contribution in [0, 0.1) is 0 Å². The van der Waals surface area contributed by atoms with Crippen LogP contribution in [0.25, 0.3) is 0 Å². The standard InChI is InChI=1S/C14H22N2O2/c1-9(15)13(17)16-10-6-7-12(18-5)11(8-10)14(2,3)4/h6-9H,15H2,1-5H3,(H,16,17). The first-order valence-electron chi connectivity index (χ1n) is 6.00. The molecule has 0 radical (unpaired) electrons. The summed E-state index contributed by atoms with van der Waals surface area (Å²) in [6.45, 7) is 7.95. The van der Waals surface area contributed by atoms with Crippen molar-refractivity contribution in [3.8, 4) is 5.75 Å². The molecule has 4 nitrogen and oxygen atoms in total. The summed E-state index contributed by atoms with van der Waals surface area (Å²) in [6, 6.07) is 5.08. The van der Waals surface area contributed by atoms with Crippen molar-refractivity contribution in [2.75, 3.05) is 12.4 Å². The van der Waals surface area contributed by atoms with Crippen molar-refractivity contribution in [2.45, 2.75) is 39.2 Å². The van der Waals surface area contributed by atoms with Crippen LogP contribution in [0.1, 0.15) is 33.3 Å². The van der Waals surface area contributed by atoms with Crippen molar-refractivity contribution in [2.24, 2.45) is 5.73 Å². The molecule has 4 heteroatoms. The second-order valence-corrected chi connectivity index (χ2v) is 5.44. The summed E-state index contributed by atoms with van der Waals surface area (Å²) in [5.74, 6) is 0.626. The van der Waals surface area contributed by atoms with Crippen LogP contribution in [-0.4, -0.2) is 19.1 Å². The van der Waals surface area contributed by atoms with Crippen LogP contribution in [0.5, 0.6) is 5.75 Å². The van der Waals surface area contributed by atoms with Gasteiger partial charge in [-0.1, -0.05) is 20.8 Å². The fourth-order valence-electron chi connectivity index (χ4n) is 1.63. The summed E-state index contributed by atoms with van der Waals surface area (Å²) in [4.78, 5) is 11.6. The number of ether oxygens (including phenoxy) is 1. The molecule has 0 heterocycles. The highest BCUT2D eigenvalue weighted by Gasteiger charge is 2.19. The quantitative estimate of drug-likeness (QED) is 0.865. The number of nitrogens with one attached hydrogen (secondary N) is 1. The Balaban J connectivity index is 3.08. The first-order valence-corrected chi connectivity index (χ1v) is 6.00. The maximum Gasteiger partial charge on any atom is 0.240 e. The van der Waals surface area contributed by atoms with Crippen molar-refractivity contribution in [1.29, 1.82) is 0 Å². The number of amides is 1. The average molecular weight is 250 g/mol. The molecule has 1 rings (SSSR count). The molecule has 0 saturated carbocycles. The van der Waals surface area contributed by atoms with E-state index in [-0.39, 0.29) is 11.3 Å². The Morgan fingerprint density at radius 3 is 2.44 bits per heavy atom. The summed E-state index contributed by atoms with van der Waals surface area (Å²) >= 11 is 0. The van der Waals surface area contributed by atoms with Gasteiger partial charge in [-0.2, -0.15) is 0 Å². The van der Waals surface area contributed by atoms with E-state index < -0.39 is 6.04 Å². The molecule has 1 aromatic rings. The number of rotatable bonds is 3. The number of carbonyl (C=O) groups is 1. The van der Waals surface area contributed by atoms with Gasteiger partial charge in [0.1, 0.15) is 5.75 Å². The Kier molecular flexibility index (Phi) is 4.35. The van der Waals surface area contributed by atoms with Crippen molar-refractivity contribution in [3.63, 3.8) is 0 Å². The van der Waals surface area contributed by atoms with E-state index in [9.17, 15) is 4.79 Å². The van der Waals surface area contributed by atoms with Gasteiger partial charge in [0.05, 0.1) is 13.2 Å². The molecule has 0 fully saturated rings. The molecule has 1 amide bonds. The topological polar surface area (TPSA) is 64.3 Å². The van der Waals surface area contributed by atoms with Gasteiger partial charge in [0.2, 0.25) is 5.91 Å². The summed E-state index contributed by atoms with van der Waals surface area (Å²) in [6.07, 6.45) is 0. The Bertz CT molecular complexity index is 434. The largest absolute Gasteiger partial charge is 0.496 e. The van der Waals surface area contributed by atoms with Crippen LogP contribution < -0.4 is 15.8 Å². The predicted molar refractivity (Wildman–Crippen MR) is 74.0 cm³/mol. The van der Waals surface area contributed by atoms with E-state index in [1.165, 1.54) is 0 Å². The molecule has 3 N–H and O–H groups in total. The Labute approximate surface area is 109 Å². The lowest BCUT2D eigenvalue weighted by Gasteiger charge is -2.23. The van der Waals surface area contributed by atoms with Crippen LogP contribution in [0.2, 0.25) is 0 Å². The molecule has 18 heavy (non-hydrogen) atoms. The van der Waals surface area contributed by atoms with Gasteiger partial charge in [0.25, 0.3) is 0 Å². The highest BCUT2D eigenvalue weighted by atomic mass is 16.5. The summed E-state index contributed by atoms with van der Waals surface area (Å²) in [7, 11) is 1.64. The first kappa shape index (κ1) is 14.5. The number of benzene rings is 1. The average Bonchev–Trinajstić information content (AvgIpc) is 2.27. The molecule has 100 valence electrons. The van der Waals surface area contributed by atoms with E-state index in [0.29, 0.717) is 0 Å². The third kappa shape index (κ3) is 3.47. The second kappa shape index (κ2) is 5.40. The van der Waals surface area contributed by atoms with E-state index in [2.05, 4.69) is 26.1 Å². The molecule has 0 saturated heterocycles. The minimum Gasteiger partial charge on any atom is -0.496 e. The molecule has 0 aliphatic rings. The molecule has 0 bridgehead atoms. The van der Waals surface area contributed by atoms with Crippen LogP contribution in [-0.2, 0) is 10.2 Å². The Morgan fingerprint density at radius 1 is 1.39 bits per heavy atom. The van der Waals surface area contributed by atoms with Crippen LogP contribution in [0.3, 0.4) is 0 Å². The normalized spacial score (nSPS) is 13.0. The van der Waals surface area contributed by atoms with Crippen LogP contribution in [0.4, 0.5) is 5.69 Å². The van der Waals surface area contributed by atoms with Gasteiger partial charge in [-0.15, -0.1) is 0 Å². The highest BCUT2D eigenvalue weighted by molar-refractivity contribution is 5.94. The molecule has 1 unspecified atom stereocenters. The highest BCUT2D eigenvalue weighted by Crippen LogP contribution is 2.33. The van der Waals surface area contributed by atoms with Gasteiger partial charge in [0, 0.05) is 11.3 Å². The molecule has 1 aromatic carbocycles. The van der Waals surface area contributed by atoms with Crippen LogP contribution >= 0.6 is 0 Å². The first-order chi connectivity index (χ1) is 8.25. The number of carbonyl (C=O) groups excluding carboxylic acids is 1. The fourth-order valence-corrected chi connectivity index (χ4v) is 1.63. The number of hydrogen-bond acceptors (Lipinski definition) is 3. The second-order valence-electron chi connectivity index (χ2n) is 5.44. The molecular weight excluding hydrogens is 228 g/mol. The zero-order valence-electron chi connectivity index (χ0n) is 11.7. The third-order valence-electron chi connectivity index (χ3n) is 2.69. The van der Waals surface area contributed by atoms with Gasteiger partial charge in [-0.3, -0.25) is 4.79 Å². The lowest BCUT2D eigenvalue weighted by molar-refractivity contribution is -0.117. The van der Waals surface area contributed by atoms with Gasteiger partial charge in [-0.05, 0) is 30.5 Å². The van der Waals surface area contributed by atoms with Gasteiger partial charge in [0.15, 0.2) is 0 Å². The molecule has 1 atom stereocenters. The smallest absolute Gasteiger partial charge is 0.240 e. The number of nitrogens with two attached hydrogens (primary N) is 1. The molecular formula is C14H22N2O2. The van der Waals surface area contributed by atoms with Crippen molar-refractivity contribution in [1.82, 2.24) is 0 Å². The SMILES string of the molecule is COc1ccc(NC(=O)C(C)N)cc1C(C)(C)C. The summed E-state index contributed by atoms with van der Waals surface area (Å²) in [5.41, 5.74) is 7.26. The molecule has 0 spiro atoms. The number of anilines is 1. The maximum absolute atomic E-state index is 11.6. The minimum atomic E-state index is -0.523. The molecule has 0 aliphatic heterocycles. The number of hydrogen-bond donors (Lipinski definition) is 2. The third-order valence-corrected chi connectivity index (χ3v) is 2.69. The van der Waals surface area contributed by atoms with E-state index >= 15 is 0 Å². The number of methoxy groups -OCH3 is 1. The van der Waals surface area contributed by atoms with Gasteiger partial charge >= 0.3 is 0 Å². The zero-order chi connectivity index (χ0) is 13.9. The predicted octanol–water partition coefficient (Wildman–Crippen LogP) is 2.28. The van der Waals surface area contributed by atoms with E-state index in [4.69, 9.17) is 10.5 Å². The van der Waals surface area contributed by atoms with E-state index in [1.54, 1.807) is 14.0 Å². The lowest BCUT2D eigenvalue weighted by atomic mass is 9.86. The fraction of sp³-hybridized carbons (Fsp3) is 0.500. The van der Waals surface area contributed by atoms with Crippen molar-refractivity contribution >= 4 is 11.6 Å². The summed E-state index contributed by atoms with van der Waals surface area (Å²) in [5, 5.41) is 2.79. The zero-order valence-corrected chi connectivity index (χ0v) is 11.7. The minimum absolute atomic E-state index is 0.0551. The Morgan fingerprint density at radius 2 is 2.00 bits per heavy atom. The lowest BCUT2D eigenvalue weighted by Crippen LogP contribution is -2.32. The molecule has 0 aliphatic carbocycles. The molecule has 0 aromatic heterocycles.